The van der Waals surface area contributed by atoms with Gasteiger partial charge in [0.25, 0.3) is 0 Å². The molecule has 0 radical (unpaired) electrons. The average Bonchev–Trinajstić information content (AvgIpc) is 2.46. The fourth-order valence-corrected chi connectivity index (χ4v) is 2.11. The topological polar surface area (TPSA) is 52.3 Å². The highest BCUT2D eigenvalue weighted by Crippen LogP contribution is 2.28. The van der Waals surface area contributed by atoms with Crippen LogP contribution in [0.3, 0.4) is 0 Å². The fourth-order valence-electron chi connectivity index (χ4n) is 2.11. The van der Waals surface area contributed by atoms with E-state index in [-0.39, 0.29) is 5.97 Å². The number of ether oxygens (including phenoxy) is 1. The van der Waals surface area contributed by atoms with E-state index in [0.29, 0.717) is 17.9 Å². The number of hydrogen-bond donors (Lipinski definition) is 1. The lowest BCUT2D eigenvalue weighted by molar-refractivity contribution is 0.0506. The van der Waals surface area contributed by atoms with Crippen molar-refractivity contribution in [1.82, 2.24) is 0 Å². The Morgan fingerprint density at radius 1 is 1.20 bits per heavy atom. The van der Waals surface area contributed by atoms with Crippen molar-refractivity contribution < 1.29 is 9.53 Å². The third-order valence-electron chi connectivity index (χ3n) is 3.14. The molecule has 2 rings (SSSR count). The summed E-state index contributed by atoms with van der Waals surface area (Å²) in [4.78, 5) is 12.0. The molecule has 0 aliphatic heterocycles. The Labute approximate surface area is 119 Å². The van der Waals surface area contributed by atoms with Crippen molar-refractivity contribution in [3.05, 3.63) is 53.6 Å². The second kappa shape index (κ2) is 6.24. The molecule has 0 fully saturated rings. The third-order valence-corrected chi connectivity index (χ3v) is 3.14. The maximum Gasteiger partial charge on any atom is 0.340 e. The molecule has 0 amide bonds. The molecule has 0 aliphatic carbocycles. The molecule has 0 aromatic heterocycles. The first kappa shape index (κ1) is 14.1. The second-order valence-electron chi connectivity index (χ2n) is 4.76. The number of aryl methyl sites for hydroxylation is 1. The van der Waals surface area contributed by atoms with E-state index < -0.39 is 0 Å². The van der Waals surface area contributed by atoms with Crippen LogP contribution in [0.25, 0.3) is 11.1 Å². The molecule has 104 valence electrons. The maximum atomic E-state index is 12.0. The lowest BCUT2D eigenvalue weighted by Crippen LogP contribution is -2.09. The largest absolute Gasteiger partial charge is 0.462 e. The van der Waals surface area contributed by atoms with Crippen LogP contribution in [0.5, 0.6) is 0 Å². The number of benzene rings is 2. The summed E-state index contributed by atoms with van der Waals surface area (Å²) in [7, 11) is 0. The molecule has 0 heterocycles. The molecule has 2 aromatic carbocycles. The van der Waals surface area contributed by atoms with E-state index in [1.165, 1.54) is 0 Å². The number of rotatable bonds is 4. The Morgan fingerprint density at radius 3 is 2.55 bits per heavy atom. The predicted octanol–water partition coefficient (Wildman–Crippen LogP) is 3.81. The van der Waals surface area contributed by atoms with E-state index in [1.807, 2.05) is 56.3 Å². The van der Waals surface area contributed by atoms with Crippen molar-refractivity contribution in [3.63, 3.8) is 0 Å². The van der Waals surface area contributed by atoms with E-state index in [9.17, 15) is 4.79 Å². The van der Waals surface area contributed by atoms with Crippen molar-refractivity contribution in [1.29, 1.82) is 0 Å². The zero-order valence-corrected chi connectivity index (χ0v) is 11.8. The van der Waals surface area contributed by atoms with E-state index in [0.717, 1.165) is 23.1 Å². The summed E-state index contributed by atoms with van der Waals surface area (Å²) in [5.41, 5.74) is 9.94. The summed E-state index contributed by atoms with van der Waals surface area (Å²) >= 11 is 0. The van der Waals surface area contributed by atoms with Crippen LogP contribution in [0, 0.1) is 6.92 Å². The molecule has 20 heavy (non-hydrogen) atoms. The number of hydrogen-bond acceptors (Lipinski definition) is 3. The highest BCUT2D eigenvalue weighted by Gasteiger charge is 2.14. The quantitative estimate of drug-likeness (QED) is 0.678. The number of nitrogen functional groups attached to an aromatic ring is 1. The van der Waals surface area contributed by atoms with Gasteiger partial charge >= 0.3 is 5.97 Å². The Balaban J connectivity index is 2.42. The van der Waals surface area contributed by atoms with E-state index in [2.05, 4.69) is 0 Å². The molecule has 0 bridgehead atoms. The van der Waals surface area contributed by atoms with Crippen LogP contribution in [-0.2, 0) is 4.74 Å². The minimum atomic E-state index is -0.360. The molecule has 3 heteroatoms. The maximum absolute atomic E-state index is 12.0. The molecule has 2 aromatic rings. The summed E-state index contributed by atoms with van der Waals surface area (Å²) in [5.74, 6) is -0.360. The van der Waals surface area contributed by atoms with Gasteiger partial charge in [-0.05, 0) is 42.2 Å². The van der Waals surface area contributed by atoms with E-state index in [4.69, 9.17) is 10.5 Å². The first-order chi connectivity index (χ1) is 9.63. The van der Waals surface area contributed by atoms with Crippen LogP contribution in [0.4, 0.5) is 5.69 Å². The Morgan fingerprint density at radius 2 is 1.90 bits per heavy atom. The Kier molecular flexibility index (Phi) is 4.41. The SMILES string of the molecule is CCCOC(=O)c1cc(-c2ccccc2)c(C)cc1N. The van der Waals surface area contributed by atoms with Crippen molar-refractivity contribution in [2.75, 3.05) is 12.3 Å². The fraction of sp³-hybridized carbons (Fsp3) is 0.235. The third kappa shape index (κ3) is 2.99. The van der Waals surface area contributed by atoms with E-state index >= 15 is 0 Å². The van der Waals surface area contributed by atoms with Crippen LogP contribution in [-0.4, -0.2) is 12.6 Å². The van der Waals surface area contributed by atoms with Gasteiger partial charge in [-0.3, -0.25) is 0 Å². The monoisotopic (exact) mass is 269 g/mol. The van der Waals surface area contributed by atoms with Crippen LogP contribution in [0.15, 0.2) is 42.5 Å². The van der Waals surface area contributed by atoms with Gasteiger partial charge < -0.3 is 10.5 Å². The molecule has 2 N–H and O–H groups in total. The lowest BCUT2D eigenvalue weighted by Gasteiger charge is -2.12. The van der Waals surface area contributed by atoms with Crippen molar-refractivity contribution >= 4 is 11.7 Å². The number of esters is 1. The van der Waals surface area contributed by atoms with Crippen LogP contribution in [0.2, 0.25) is 0 Å². The number of nitrogens with two attached hydrogens (primary N) is 1. The number of carbonyl (C=O) groups is 1. The summed E-state index contributed by atoms with van der Waals surface area (Å²) in [6.07, 6.45) is 0.795. The highest BCUT2D eigenvalue weighted by molar-refractivity contribution is 5.97. The van der Waals surface area contributed by atoms with Gasteiger partial charge in [0.2, 0.25) is 0 Å². The Hall–Kier alpha value is -2.29. The summed E-state index contributed by atoms with van der Waals surface area (Å²) < 4.78 is 5.17. The molecule has 0 saturated heterocycles. The predicted molar refractivity (Wildman–Crippen MR) is 81.6 cm³/mol. The Bertz CT molecular complexity index is 606. The van der Waals surface area contributed by atoms with Gasteiger partial charge in [0.1, 0.15) is 0 Å². The second-order valence-corrected chi connectivity index (χ2v) is 4.76. The summed E-state index contributed by atoms with van der Waals surface area (Å²) in [5, 5.41) is 0. The zero-order valence-electron chi connectivity index (χ0n) is 11.8. The van der Waals surface area contributed by atoms with Crippen LogP contribution >= 0.6 is 0 Å². The smallest absolute Gasteiger partial charge is 0.340 e. The van der Waals surface area contributed by atoms with Gasteiger partial charge in [-0.2, -0.15) is 0 Å². The van der Waals surface area contributed by atoms with Crippen molar-refractivity contribution in [2.24, 2.45) is 0 Å². The minimum Gasteiger partial charge on any atom is -0.462 e. The number of carbonyl (C=O) groups excluding carboxylic acids is 1. The van der Waals surface area contributed by atoms with Gasteiger partial charge in [-0.1, -0.05) is 37.3 Å². The van der Waals surface area contributed by atoms with Crippen LogP contribution < -0.4 is 5.73 Å². The lowest BCUT2D eigenvalue weighted by atomic mass is 9.97. The molecule has 0 spiro atoms. The van der Waals surface area contributed by atoms with Gasteiger partial charge in [-0.15, -0.1) is 0 Å². The minimum absolute atomic E-state index is 0.360. The van der Waals surface area contributed by atoms with Crippen molar-refractivity contribution in [2.45, 2.75) is 20.3 Å². The van der Waals surface area contributed by atoms with Crippen molar-refractivity contribution in [3.8, 4) is 11.1 Å². The van der Waals surface area contributed by atoms with Gasteiger partial charge in [-0.25, -0.2) is 4.79 Å². The molecule has 0 unspecified atom stereocenters. The molecule has 0 aliphatic rings. The average molecular weight is 269 g/mol. The first-order valence-corrected chi connectivity index (χ1v) is 6.76. The normalized spacial score (nSPS) is 10.3. The van der Waals surface area contributed by atoms with Gasteiger partial charge in [0.05, 0.1) is 12.2 Å². The van der Waals surface area contributed by atoms with Gasteiger partial charge in [0, 0.05) is 5.69 Å². The zero-order chi connectivity index (χ0) is 14.5. The summed E-state index contributed by atoms with van der Waals surface area (Å²) in [6.45, 7) is 4.36. The molecule has 0 saturated carbocycles. The molecular weight excluding hydrogens is 250 g/mol. The number of anilines is 1. The summed E-state index contributed by atoms with van der Waals surface area (Å²) in [6, 6.07) is 13.6. The molecular formula is C17H19NO2. The molecule has 0 atom stereocenters. The first-order valence-electron chi connectivity index (χ1n) is 6.76. The van der Waals surface area contributed by atoms with Crippen LogP contribution in [0.1, 0.15) is 29.3 Å². The van der Waals surface area contributed by atoms with E-state index in [1.54, 1.807) is 0 Å². The standard InChI is InChI=1S/C17H19NO2/c1-3-9-20-17(19)15-11-14(12(2)10-16(15)18)13-7-5-4-6-8-13/h4-8,10-11H,3,9,18H2,1-2H3. The van der Waals surface area contributed by atoms with Gasteiger partial charge in [0.15, 0.2) is 0 Å². The highest BCUT2D eigenvalue weighted by atomic mass is 16.5. The molecule has 3 nitrogen and oxygen atoms in total.